The molecule has 0 saturated heterocycles. The maximum atomic E-state index is 11.8. The van der Waals surface area contributed by atoms with Crippen LogP contribution in [0.5, 0.6) is 0 Å². The molecular weight excluding hydrogens is 226 g/mol. The van der Waals surface area contributed by atoms with Crippen LogP contribution < -0.4 is 11.1 Å². The minimum absolute atomic E-state index is 0.0505. The second-order valence-corrected chi connectivity index (χ2v) is 4.40. The van der Waals surface area contributed by atoms with E-state index in [9.17, 15) is 4.79 Å². The van der Waals surface area contributed by atoms with Gasteiger partial charge in [-0.15, -0.1) is 0 Å². The van der Waals surface area contributed by atoms with Gasteiger partial charge >= 0.3 is 0 Å². The number of hydrogen-bond acceptors (Lipinski definition) is 3. The first kappa shape index (κ1) is 14.2. The summed E-state index contributed by atoms with van der Waals surface area (Å²) in [6.45, 7) is 4.44. The van der Waals surface area contributed by atoms with Crippen LogP contribution >= 0.6 is 0 Å². The van der Waals surface area contributed by atoms with E-state index in [0.29, 0.717) is 24.2 Å². The zero-order chi connectivity index (χ0) is 13.5. The summed E-state index contributed by atoms with van der Waals surface area (Å²) in [5, 5.41) is 11.7. The van der Waals surface area contributed by atoms with Gasteiger partial charge in [0, 0.05) is 12.1 Å². The molecular formula is C14H19N3O. The van der Waals surface area contributed by atoms with Crippen LogP contribution in [0.3, 0.4) is 0 Å². The third kappa shape index (κ3) is 3.86. The SMILES string of the molecule is CCC(CN)CC(=O)Nc1cc(C#N)ccc1C. The lowest BCUT2D eigenvalue weighted by Gasteiger charge is -2.13. The molecule has 0 fully saturated rings. The Morgan fingerprint density at radius 2 is 2.28 bits per heavy atom. The third-order valence-corrected chi connectivity index (χ3v) is 3.03. The number of carbonyl (C=O) groups is 1. The molecule has 1 rings (SSSR count). The molecule has 0 aliphatic carbocycles. The average molecular weight is 245 g/mol. The van der Waals surface area contributed by atoms with Crippen LogP contribution in [0.4, 0.5) is 5.69 Å². The van der Waals surface area contributed by atoms with Crippen molar-refractivity contribution in [3.8, 4) is 6.07 Å². The molecule has 0 radical (unpaired) electrons. The fraction of sp³-hybridized carbons (Fsp3) is 0.429. The number of amides is 1. The van der Waals surface area contributed by atoms with Gasteiger partial charge in [0.25, 0.3) is 0 Å². The molecule has 1 atom stereocenters. The van der Waals surface area contributed by atoms with Crippen molar-refractivity contribution in [3.05, 3.63) is 29.3 Å². The first-order chi connectivity index (χ1) is 8.60. The second kappa shape index (κ2) is 6.77. The topological polar surface area (TPSA) is 78.9 Å². The molecule has 3 N–H and O–H groups in total. The molecule has 0 aliphatic heterocycles. The number of nitriles is 1. The van der Waals surface area contributed by atoms with Crippen LogP contribution in [0.15, 0.2) is 18.2 Å². The Bertz CT molecular complexity index is 459. The molecule has 1 amide bonds. The number of nitrogens with zero attached hydrogens (tertiary/aromatic N) is 1. The van der Waals surface area contributed by atoms with Gasteiger partial charge in [-0.3, -0.25) is 4.79 Å². The molecule has 18 heavy (non-hydrogen) atoms. The van der Waals surface area contributed by atoms with Crippen molar-refractivity contribution in [3.63, 3.8) is 0 Å². The summed E-state index contributed by atoms with van der Waals surface area (Å²) < 4.78 is 0. The Labute approximate surface area is 108 Å². The lowest BCUT2D eigenvalue weighted by Crippen LogP contribution is -2.22. The Morgan fingerprint density at radius 1 is 1.56 bits per heavy atom. The number of benzene rings is 1. The second-order valence-electron chi connectivity index (χ2n) is 4.40. The van der Waals surface area contributed by atoms with E-state index < -0.39 is 0 Å². The molecule has 0 bridgehead atoms. The Balaban J connectivity index is 2.73. The normalized spacial score (nSPS) is 11.7. The summed E-state index contributed by atoms with van der Waals surface area (Å²) in [4.78, 5) is 11.8. The number of hydrogen-bond donors (Lipinski definition) is 2. The average Bonchev–Trinajstić information content (AvgIpc) is 2.38. The van der Waals surface area contributed by atoms with Crippen molar-refractivity contribution in [2.45, 2.75) is 26.7 Å². The molecule has 0 saturated carbocycles. The molecule has 0 heterocycles. The molecule has 0 aromatic heterocycles. The number of carbonyl (C=O) groups excluding carboxylic acids is 1. The first-order valence-corrected chi connectivity index (χ1v) is 6.11. The third-order valence-electron chi connectivity index (χ3n) is 3.03. The number of rotatable bonds is 5. The highest BCUT2D eigenvalue weighted by molar-refractivity contribution is 5.91. The number of anilines is 1. The van der Waals surface area contributed by atoms with E-state index in [1.807, 2.05) is 19.9 Å². The minimum atomic E-state index is -0.0505. The van der Waals surface area contributed by atoms with Crippen molar-refractivity contribution in [1.29, 1.82) is 5.26 Å². The fourth-order valence-electron chi connectivity index (χ4n) is 1.68. The lowest BCUT2D eigenvalue weighted by atomic mass is 10.0. The summed E-state index contributed by atoms with van der Waals surface area (Å²) in [7, 11) is 0. The predicted molar refractivity (Wildman–Crippen MR) is 72.0 cm³/mol. The number of nitrogens with one attached hydrogen (secondary N) is 1. The summed E-state index contributed by atoms with van der Waals surface area (Å²) in [5.41, 5.74) is 7.77. The van der Waals surface area contributed by atoms with Gasteiger partial charge in [-0.2, -0.15) is 5.26 Å². The summed E-state index contributed by atoms with van der Waals surface area (Å²) in [6.07, 6.45) is 1.31. The van der Waals surface area contributed by atoms with Crippen molar-refractivity contribution in [2.24, 2.45) is 11.7 Å². The molecule has 4 heteroatoms. The molecule has 1 unspecified atom stereocenters. The van der Waals surface area contributed by atoms with Gasteiger partial charge in [0.05, 0.1) is 11.6 Å². The van der Waals surface area contributed by atoms with Crippen LogP contribution in [-0.2, 0) is 4.79 Å². The molecule has 4 nitrogen and oxygen atoms in total. The van der Waals surface area contributed by atoms with E-state index in [2.05, 4.69) is 11.4 Å². The van der Waals surface area contributed by atoms with Crippen LogP contribution in [0.2, 0.25) is 0 Å². The highest BCUT2D eigenvalue weighted by atomic mass is 16.1. The monoisotopic (exact) mass is 245 g/mol. The number of aryl methyl sites for hydroxylation is 1. The van der Waals surface area contributed by atoms with Gasteiger partial charge in [-0.25, -0.2) is 0 Å². The smallest absolute Gasteiger partial charge is 0.224 e. The number of nitrogens with two attached hydrogens (primary N) is 1. The lowest BCUT2D eigenvalue weighted by molar-refractivity contribution is -0.117. The first-order valence-electron chi connectivity index (χ1n) is 6.11. The van der Waals surface area contributed by atoms with Gasteiger partial charge in [0.15, 0.2) is 0 Å². The van der Waals surface area contributed by atoms with E-state index >= 15 is 0 Å². The minimum Gasteiger partial charge on any atom is -0.330 e. The van der Waals surface area contributed by atoms with Gasteiger partial charge in [0.1, 0.15) is 0 Å². The standard InChI is InChI=1S/C14H19N3O/c1-3-11(8-15)7-14(18)17-13-6-12(9-16)5-4-10(13)2/h4-6,11H,3,7-8,15H2,1-2H3,(H,17,18). The van der Waals surface area contributed by atoms with E-state index in [1.54, 1.807) is 12.1 Å². The predicted octanol–water partition coefficient (Wildman–Crippen LogP) is 2.18. The van der Waals surface area contributed by atoms with E-state index in [4.69, 9.17) is 11.0 Å². The van der Waals surface area contributed by atoms with Crippen LogP contribution in [-0.4, -0.2) is 12.5 Å². The van der Waals surface area contributed by atoms with Gasteiger partial charge in [-0.05, 0) is 37.1 Å². The highest BCUT2D eigenvalue weighted by Gasteiger charge is 2.11. The van der Waals surface area contributed by atoms with Crippen molar-refractivity contribution in [2.75, 3.05) is 11.9 Å². The van der Waals surface area contributed by atoms with E-state index in [1.165, 1.54) is 0 Å². The Kier molecular flexibility index (Phi) is 5.34. The zero-order valence-corrected chi connectivity index (χ0v) is 10.9. The summed E-state index contributed by atoms with van der Waals surface area (Å²) in [6, 6.07) is 7.31. The van der Waals surface area contributed by atoms with E-state index in [-0.39, 0.29) is 11.8 Å². The van der Waals surface area contributed by atoms with Crippen molar-refractivity contribution in [1.82, 2.24) is 0 Å². The van der Waals surface area contributed by atoms with Crippen LogP contribution in [0.25, 0.3) is 0 Å². The van der Waals surface area contributed by atoms with Gasteiger partial charge in [-0.1, -0.05) is 19.4 Å². The van der Waals surface area contributed by atoms with Crippen LogP contribution in [0, 0.1) is 24.2 Å². The zero-order valence-electron chi connectivity index (χ0n) is 10.9. The maximum Gasteiger partial charge on any atom is 0.224 e. The summed E-state index contributed by atoms with van der Waals surface area (Å²) in [5.74, 6) is 0.162. The van der Waals surface area contributed by atoms with Crippen LogP contribution in [0.1, 0.15) is 30.9 Å². The molecule has 1 aromatic carbocycles. The van der Waals surface area contributed by atoms with Gasteiger partial charge < -0.3 is 11.1 Å². The van der Waals surface area contributed by atoms with E-state index in [0.717, 1.165) is 12.0 Å². The largest absolute Gasteiger partial charge is 0.330 e. The molecule has 0 spiro atoms. The van der Waals surface area contributed by atoms with Crippen molar-refractivity contribution >= 4 is 11.6 Å². The highest BCUT2D eigenvalue weighted by Crippen LogP contribution is 2.17. The quantitative estimate of drug-likeness (QED) is 0.834. The Morgan fingerprint density at radius 3 is 2.83 bits per heavy atom. The maximum absolute atomic E-state index is 11.8. The Hall–Kier alpha value is -1.86. The fourth-order valence-corrected chi connectivity index (χ4v) is 1.68. The molecule has 96 valence electrons. The molecule has 0 aliphatic rings. The van der Waals surface area contributed by atoms with Crippen molar-refractivity contribution < 1.29 is 4.79 Å². The molecule has 1 aromatic rings. The van der Waals surface area contributed by atoms with Gasteiger partial charge in [0.2, 0.25) is 5.91 Å². The summed E-state index contributed by atoms with van der Waals surface area (Å²) >= 11 is 0.